The van der Waals surface area contributed by atoms with E-state index in [0.717, 1.165) is 17.7 Å². The van der Waals surface area contributed by atoms with Crippen LogP contribution in [-0.4, -0.2) is 15.9 Å². The minimum absolute atomic E-state index is 0.000544. The highest BCUT2D eigenvalue weighted by atomic mass is 35.5. The standard InChI is InChI=1S/C19H16ClFN4O/c1-2-12-5-3-4-6-17(12)25-18(26)13-10-22-19(23-11-13)24-14-7-8-16(21)15(20)9-14/h3-11H,2H2,1H3,(H,25,26)(H,22,23,24). The van der Waals surface area contributed by atoms with E-state index < -0.39 is 5.82 Å². The van der Waals surface area contributed by atoms with E-state index in [9.17, 15) is 9.18 Å². The van der Waals surface area contributed by atoms with Crippen LogP contribution in [0.5, 0.6) is 0 Å². The van der Waals surface area contributed by atoms with Crippen LogP contribution in [0.25, 0.3) is 0 Å². The second-order valence-electron chi connectivity index (χ2n) is 5.51. The molecule has 1 amide bonds. The first-order valence-electron chi connectivity index (χ1n) is 8.00. The second-order valence-corrected chi connectivity index (χ2v) is 5.92. The van der Waals surface area contributed by atoms with Gasteiger partial charge in [-0.25, -0.2) is 14.4 Å². The fourth-order valence-corrected chi connectivity index (χ4v) is 2.54. The van der Waals surface area contributed by atoms with Gasteiger partial charge in [-0.2, -0.15) is 0 Å². The molecule has 0 aliphatic carbocycles. The quantitative estimate of drug-likeness (QED) is 0.675. The summed E-state index contributed by atoms with van der Waals surface area (Å²) in [5.41, 5.74) is 2.69. The van der Waals surface area contributed by atoms with Gasteiger partial charge in [0.05, 0.1) is 10.6 Å². The topological polar surface area (TPSA) is 66.9 Å². The summed E-state index contributed by atoms with van der Waals surface area (Å²) < 4.78 is 13.2. The molecule has 132 valence electrons. The zero-order chi connectivity index (χ0) is 18.5. The highest BCUT2D eigenvalue weighted by Crippen LogP contribution is 2.21. The number of benzene rings is 2. The fourth-order valence-electron chi connectivity index (χ4n) is 2.36. The fraction of sp³-hybridized carbons (Fsp3) is 0.105. The summed E-state index contributed by atoms with van der Waals surface area (Å²) in [6.07, 6.45) is 3.66. The highest BCUT2D eigenvalue weighted by molar-refractivity contribution is 6.31. The zero-order valence-electron chi connectivity index (χ0n) is 14.0. The minimum Gasteiger partial charge on any atom is -0.324 e. The summed E-state index contributed by atoms with van der Waals surface area (Å²) in [6, 6.07) is 11.8. The van der Waals surface area contributed by atoms with Gasteiger partial charge in [-0.05, 0) is 36.2 Å². The van der Waals surface area contributed by atoms with E-state index in [1.165, 1.54) is 30.6 Å². The summed E-state index contributed by atoms with van der Waals surface area (Å²) in [4.78, 5) is 20.6. The first-order valence-corrected chi connectivity index (χ1v) is 8.38. The van der Waals surface area contributed by atoms with Crippen molar-refractivity contribution in [2.75, 3.05) is 10.6 Å². The molecule has 26 heavy (non-hydrogen) atoms. The van der Waals surface area contributed by atoms with Crippen LogP contribution in [-0.2, 0) is 6.42 Å². The van der Waals surface area contributed by atoms with Gasteiger partial charge in [0.1, 0.15) is 5.82 Å². The van der Waals surface area contributed by atoms with E-state index in [2.05, 4.69) is 20.6 Å². The number of nitrogens with one attached hydrogen (secondary N) is 2. The van der Waals surface area contributed by atoms with Crippen molar-refractivity contribution < 1.29 is 9.18 Å². The molecule has 0 aliphatic rings. The molecule has 7 heteroatoms. The average molecular weight is 371 g/mol. The van der Waals surface area contributed by atoms with Gasteiger partial charge in [0.25, 0.3) is 5.91 Å². The Morgan fingerprint density at radius 1 is 1.15 bits per heavy atom. The third-order valence-electron chi connectivity index (χ3n) is 3.74. The first kappa shape index (κ1) is 17.8. The lowest BCUT2D eigenvalue weighted by atomic mass is 10.1. The molecule has 2 N–H and O–H groups in total. The number of para-hydroxylation sites is 1. The molecule has 1 aromatic heterocycles. The highest BCUT2D eigenvalue weighted by Gasteiger charge is 2.10. The van der Waals surface area contributed by atoms with Crippen LogP contribution in [0.1, 0.15) is 22.8 Å². The van der Waals surface area contributed by atoms with Gasteiger partial charge >= 0.3 is 0 Å². The first-order chi connectivity index (χ1) is 12.6. The Hall–Kier alpha value is -2.99. The summed E-state index contributed by atoms with van der Waals surface area (Å²) in [6.45, 7) is 2.02. The molecule has 5 nitrogen and oxygen atoms in total. The van der Waals surface area contributed by atoms with Crippen LogP contribution in [0.15, 0.2) is 54.9 Å². The van der Waals surface area contributed by atoms with Crippen LogP contribution in [0.3, 0.4) is 0 Å². The van der Waals surface area contributed by atoms with E-state index in [4.69, 9.17) is 11.6 Å². The van der Waals surface area contributed by atoms with Crippen molar-refractivity contribution in [3.05, 3.63) is 76.8 Å². The van der Waals surface area contributed by atoms with Crippen LogP contribution in [0.2, 0.25) is 5.02 Å². The number of hydrogen-bond donors (Lipinski definition) is 2. The molecule has 0 aliphatic heterocycles. The molecule has 3 aromatic rings. The van der Waals surface area contributed by atoms with E-state index >= 15 is 0 Å². The van der Waals surface area contributed by atoms with Crippen molar-refractivity contribution in [1.82, 2.24) is 9.97 Å². The number of carbonyl (C=O) groups is 1. The molecule has 0 saturated heterocycles. The number of carbonyl (C=O) groups excluding carboxylic acids is 1. The van der Waals surface area contributed by atoms with Gasteiger partial charge in [-0.3, -0.25) is 4.79 Å². The third-order valence-corrected chi connectivity index (χ3v) is 4.03. The number of aryl methyl sites for hydroxylation is 1. The van der Waals surface area contributed by atoms with Crippen molar-refractivity contribution in [3.8, 4) is 0 Å². The van der Waals surface area contributed by atoms with Crippen LogP contribution < -0.4 is 10.6 Å². The number of aromatic nitrogens is 2. The van der Waals surface area contributed by atoms with E-state index in [1.54, 1.807) is 0 Å². The molecule has 0 saturated carbocycles. The number of hydrogen-bond acceptors (Lipinski definition) is 4. The maximum absolute atomic E-state index is 13.2. The Morgan fingerprint density at radius 3 is 2.58 bits per heavy atom. The molecule has 0 fully saturated rings. The van der Waals surface area contributed by atoms with Gasteiger partial charge in [-0.1, -0.05) is 36.7 Å². The number of rotatable bonds is 5. The molecule has 0 unspecified atom stereocenters. The molecule has 0 atom stereocenters. The van der Waals surface area contributed by atoms with Crippen LogP contribution in [0.4, 0.5) is 21.7 Å². The summed E-state index contributed by atoms with van der Waals surface area (Å²) in [5, 5.41) is 5.76. The SMILES string of the molecule is CCc1ccccc1NC(=O)c1cnc(Nc2ccc(F)c(Cl)c2)nc1. The monoisotopic (exact) mass is 370 g/mol. The van der Waals surface area contributed by atoms with Crippen LogP contribution >= 0.6 is 11.6 Å². The van der Waals surface area contributed by atoms with Gasteiger partial charge < -0.3 is 10.6 Å². The smallest absolute Gasteiger partial charge is 0.258 e. The van der Waals surface area contributed by atoms with Gasteiger partial charge in [0.2, 0.25) is 5.95 Å². The van der Waals surface area contributed by atoms with Crippen molar-refractivity contribution in [2.45, 2.75) is 13.3 Å². The summed E-state index contributed by atoms with van der Waals surface area (Å²) in [7, 11) is 0. The molecule has 3 rings (SSSR count). The van der Waals surface area contributed by atoms with E-state index in [-0.39, 0.29) is 16.9 Å². The predicted octanol–water partition coefficient (Wildman–Crippen LogP) is 4.83. The van der Waals surface area contributed by atoms with Crippen molar-refractivity contribution >= 4 is 34.8 Å². The Labute approximate surface area is 155 Å². The molecular weight excluding hydrogens is 355 g/mol. The number of nitrogens with zero attached hydrogens (tertiary/aromatic N) is 2. The molecule has 0 bridgehead atoms. The van der Waals surface area contributed by atoms with E-state index in [0.29, 0.717) is 11.3 Å². The van der Waals surface area contributed by atoms with Gasteiger partial charge in [-0.15, -0.1) is 0 Å². The van der Waals surface area contributed by atoms with Gasteiger partial charge in [0.15, 0.2) is 0 Å². The van der Waals surface area contributed by atoms with Crippen molar-refractivity contribution in [3.63, 3.8) is 0 Å². The third kappa shape index (κ3) is 4.15. The number of anilines is 3. The Kier molecular flexibility index (Phi) is 5.43. The Balaban J connectivity index is 1.70. The van der Waals surface area contributed by atoms with Gasteiger partial charge in [0, 0.05) is 23.8 Å². The second kappa shape index (κ2) is 7.93. The lowest BCUT2D eigenvalue weighted by molar-refractivity contribution is 0.102. The molecular formula is C19H16ClFN4O. The van der Waals surface area contributed by atoms with E-state index in [1.807, 2.05) is 31.2 Å². The molecule has 2 aromatic carbocycles. The van der Waals surface area contributed by atoms with Crippen molar-refractivity contribution in [1.29, 1.82) is 0 Å². The predicted molar refractivity (Wildman–Crippen MR) is 100 cm³/mol. The zero-order valence-corrected chi connectivity index (χ0v) is 14.7. The Bertz CT molecular complexity index is 931. The molecule has 1 heterocycles. The number of amides is 1. The maximum atomic E-state index is 13.2. The lowest BCUT2D eigenvalue weighted by Crippen LogP contribution is -2.14. The summed E-state index contributed by atoms with van der Waals surface area (Å²) >= 11 is 5.74. The average Bonchev–Trinajstić information content (AvgIpc) is 2.66. The minimum atomic E-state index is -0.502. The Morgan fingerprint density at radius 2 is 1.88 bits per heavy atom. The largest absolute Gasteiger partial charge is 0.324 e. The lowest BCUT2D eigenvalue weighted by Gasteiger charge is -2.10. The summed E-state index contributed by atoms with van der Waals surface area (Å²) in [5.74, 6) is -0.516. The molecule has 0 radical (unpaired) electrons. The molecule has 0 spiro atoms. The number of halogens is 2. The van der Waals surface area contributed by atoms with Crippen molar-refractivity contribution in [2.24, 2.45) is 0 Å². The van der Waals surface area contributed by atoms with Crippen LogP contribution in [0, 0.1) is 5.82 Å². The normalized spacial score (nSPS) is 10.4. The maximum Gasteiger partial charge on any atom is 0.258 e.